The molecule has 114 valence electrons. The molecule has 0 bridgehead atoms. The average Bonchev–Trinajstić information content (AvgIpc) is 2.43. The molecule has 0 aliphatic carbocycles. The van der Waals surface area contributed by atoms with E-state index in [0.717, 1.165) is 11.6 Å². The zero-order valence-electron chi connectivity index (χ0n) is 12.1. The van der Waals surface area contributed by atoms with Crippen LogP contribution < -0.4 is 4.74 Å². The molecule has 1 rings (SSSR count). The Hall–Kier alpha value is -1.82. The van der Waals surface area contributed by atoms with Gasteiger partial charge in [-0.15, -0.1) is 0 Å². The Morgan fingerprint density at radius 2 is 2.05 bits per heavy atom. The molecule has 0 aliphatic rings. The molecule has 0 atom stereocenters. The van der Waals surface area contributed by atoms with E-state index in [2.05, 4.69) is 15.9 Å². The van der Waals surface area contributed by atoms with Gasteiger partial charge < -0.3 is 14.6 Å². The van der Waals surface area contributed by atoms with Crippen molar-refractivity contribution in [3.05, 3.63) is 34.3 Å². The number of rotatable bonds is 6. The summed E-state index contributed by atoms with van der Waals surface area (Å²) in [5, 5.41) is 8.58. The van der Waals surface area contributed by atoms with Gasteiger partial charge in [-0.25, -0.2) is 4.79 Å². The second kappa shape index (κ2) is 7.26. The molecular weight excluding hydrogens is 340 g/mol. The normalized spacial score (nSPS) is 11.4. The van der Waals surface area contributed by atoms with Crippen LogP contribution in [0.3, 0.4) is 0 Å². The highest BCUT2D eigenvalue weighted by Gasteiger charge is 2.29. The van der Waals surface area contributed by atoms with Gasteiger partial charge in [0.25, 0.3) is 0 Å². The molecule has 0 spiro atoms. The standard InChI is InChI=1S/C15H17BrO5/c1-15(2,14(19)20-3)9-21-12-6-4-10(8-11(12)16)5-7-13(17)18/h4-8H,9H2,1-3H3,(H,17,18). The van der Waals surface area contributed by atoms with Gasteiger partial charge in [-0.2, -0.15) is 0 Å². The summed E-state index contributed by atoms with van der Waals surface area (Å²) in [4.78, 5) is 22.0. The van der Waals surface area contributed by atoms with E-state index in [0.29, 0.717) is 10.2 Å². The van der Waals surface area contributed by atoms with Crippen molar-refractivity contribution in [1.29, 1.82) is 0 Å². The number of esters is 1. The van der Waals surface area contributed by atoms with E-state index in [1.807, 2.05) is 0 Å². The minimum atomic E-state index is -1.01. The maximum atomic E-state index is 11.6. The number of hydrogen-bond acceptors (Lipinski definition) is 4. The number of hydrogen-bond donors (Lipinski definition) is 1. The van der Waals surface area contributed by atoms with Gasteiger partial charge in [-0.1, -0.05) is 6.07 Å². The Labute approximate surface area is 131 Å². The molecular formula is C15H17BrO5. The van der Waals surface area contributed by atoms with E-state index in [4.69, 9.17) is 14.6 Å². The van der Waals surface area contributed by atoms with Gasteiger partial charge in [0.2, 0.25) is 0 Å². The number of methoxy groups -OCH3 is 1. The molecule has 0 saturated heterocycles. The minimum Gasteiger partial charge on any atom is -0.491 e. The van der Waals surface area contributed by atoms with E-state index in [-0.39, 0.29) is 12.6 Å². The average molecular weight is 357 g/mol. The van der Waals surface area contributed by atoms with Crippen LogP contribution in [-0.4, -0.2) is 30.8 Å². The lowest BCUT2D eigenvalue weighted by Gasteiger charge is -2.22. The van der Waals surface area contributed by atoms with Gasteiger partial charge in [0.05, 0.1) is 17.0 Å². The monoisotopic (exact) mass is 356 g/mol. The second-order valence-electron chi connectivity index (χ2n) is 5.03. The fourth-order valence-corrected chi connectivity index (χ4v) is 2.01. The van der Waals surface area contributed by atoms with Gasteiger partial charge in [0, 0.05) is 6.08 Å². The molecule has 0 heterocycles. The van der Waals surface area contributed by atoms with Gasteiger partial charge in [0.1, 0.15) is 12.4 Å². The first-order valence-electron chi connectivity index (χ1n) is 6.18. The molecule has 0 saturated carbocycles. The number of ether oxygens (including phenoxy) is 2. The number of benzene rings is 1. The molecule has 0 fully saturated rings. The summed E-state index contributed by atoms with van der Waals surface area (Å²) >= 11 is 3.35. The molecule has 6 heteroatoms. The summed E-state index contributed by atoms with van der Waals surface area (Å²) in [5.41, 5.74) is -0.0281. The van der Waals surface area contributed by atoms with Crippen LogP contribution in [0.1, 0.15) is 19.4 Å². The largest absolute Gasteiger partial charge is 0.491 e. The zero-order chi connectivity index (χ0) is 16.0. The summed E-state index contributed by atoms with van der Waals surface area (Å²) in [7, 11) is 1.34. The van der Waals surface area contributed by atoms with E-state index in [1.165, 1.54) is 13.2 Å². The first kappa shape index (κ1) is 17.2. The molecule has 0 aliphatic heterocycles. The first-order valence-corrected chi connectivity index (χ1v) is 6.97. The third-order valence-electron chi connectivity index (χ3n) is 2.70. The zero-order valence-corrected chi connectivity index (χ0v) is 13.6. The molecule has 0 radical (unpaired) electrons. The van der Waals surface area contributed by atoms with Crippen molar-refractivity contribution >= 4 is 33.9 Å². The van der Waals surface area contributed by atoms with E-state index in [9.17, 15) is 9.59 Å². The van der Waals surface area contributed by atoms with E-state index >= 15 is 0 Å². The number of carboxylic acid groups (broad SMARTS) is 1. The molecule has 0 aromatic heterocycles. The maximum absolute atomic E-state index is 11.6. The fourth-order valence-electron chi connectivity index (χ4n) is 1.50. The topological polar surface area (TPSA) is 72.8 Å². The Balaban J connectivity index is 2.78. The van der Waals surface area contributed by atoms with Crippen molar-refractivity contribution in [2.24, 2.45) is 5.41 Å². The maximum Gasteiger partial charge on any atom is 0.328 e. The Morgan fingerprint density at radius 1 is 1.38 bits per heavy atom. The van der Waals surface area contributed by atoms with Gasteiger partial charge in [-0.3, -0.25) is 4.79 Å². The van der Waals surface area contributed by atoms with Gasteiger partial charge >= 0.3 is 11.9 Å². The van der Waals surface area contributed by atoms with Crippen LogP contribution in [0.15, 0.2) is 28.7 Å². The van der Waals surface area contributed by atoms with E-state index in [1.54, 1.807) is 32.0 Å². The Morgan fingerprint density at radius 3 is 2.57 bits per heavy atom. The molecule has 1 aromatic carbocycles. The quantitative estimate of drug-likeness (QED) is 0.626. The lowest BCUT2D eigenvalue weighted by Crippen LogP contribution is -2.32. The van der Waals surface area contributed by atoms with Crippen molar-refractivity contribution in [3.63, 3.8) is 0 Å². The first-order chi connectivity index (χ1) is 9.76. The van der Waals surface area contributed by atoms with Crippen molar-refractivity contribution in [2.75, 3.05) is 13.7 Å². The van der Waals surface area contributed by atoms with Crippen LogP contribution in [0, 0.1) is 5.41 Å². The lowest BCUT2D eigenvalue weighted by molar-refractivity contribution is -0.152. The number of carboxylic acids is 1. The van der Waals surface area contributed by atoms with Crippen LogP contribution in [0.25, 0.3) is 6.08 Å². The summed E-state index contributed by atoms with van der Waals surface area (Å²) in [6, 6.07) is 5.17. The van der Waals surface area contributed by atoms with Crippen LogP contribution in [-0.2, 0) is 14.3 Å². The second-order valence-corrected chi connectivity index (χ2v) is 5.88. The smallest absolute Gasteiger partial charge is 0.328 e. The molecule has 0 amide bonds. The fraction of sp³-hybridized carbons (Fsp3) is 0.333. The highest BCUT2D eigenvalue weighted by atomic mass is 79.9. The predicted molar refractivity (Wildman–Crippen MR) is 82.1 cm³/mol. The summed E-state index contributed by atoms with van der Waals surface area (Å²) in [6.45, 7) is 3.63. The molecule has 5 nitrogen and oxygen atoms in total. The van der Waals surface area contributed by atoms with Crippen molar-refractivity contribution in [3.8, 4) is 5.75 Å². The van der Waals surface area contributed by atoms with Crippen LogP contribution in [0.5, 0.6) is 5.75 Å². The van der Waals surface area contributed by atoms with Gasteiger partial charge in [-0.05, 0) is 53.5 Å². The highest BCUT2D eigenvalue weighted by molar-refractivity contribution is 9.10. The molecule has 1 N–H and O–H groups in total. The lowest BCUT2D eigenvalue weighted by atomic mass is 9.95. The Kier molecular flexibility index (Phi) is 5.96. The number of carbonyl (C=O) groups is 2. The van der Waals surface area contributed by atoms with Crippen LogP contribution >= 0.6 is 15.9 Å². The molecule has 1 aromatic rings. The molecule has 21 heavy (non-hydrogen) atoms. The summed E-state index contributed by atoms with van der Waals surface area (Å²) in [5.74, 6) is -0.787. The Bertz CT molecular complexity index is 563. The van der Waals surface area contributed by atoms with Crippen molar-refractivity contribution in [1.82, 2.24) is 0 Å². The highest BCUT2D eigenvalue weighted by Crippen LogP contribution is 2.28. The third-order valence-corrected chi connectivity index (χ3v) is 3.32. The summed E-state index contributed by atoms with van der Waals surface area (Å²) < 4.78 is 11.0. The molecule has 0 unspecified atom stereocenters. The number of halogens is 1. The predicted octanol–water partition coefficient (Wildman–Crippen LogP) is 3.12. The number of carbonyl (C=O) groups excluding carboxylic acids is 1. The van der Waals surface area contributed by atoms with E-state index < -0.39 is 11.4 Å². The van der Waals surface area contributed by atoms with Gasteiger partial charge in [0.15, 0.2) is 0 Å². The minimum absolute atomic E-state index is 0.169. The van der Waals surface area contributed by atoms with Crippen molar-refractivity contribution < 1.29 is 24.2 Å². The van der Waals surface area contributed by atoms with Crippen molar-refractivity contribution in [2.45, 2.75) is 13.8 Å². The summed E-state index contributed by atoms with van der Waals surface area (Å²) in [6.07, 6.45) is 2.54. The third kappa shape index (κ3) is 5.23. The van der Waals surface area contributed by atoms with Crippen LogP contribution in [0.2, 0.25) is 0 Å². The van der Waals surface area contributed by atoms with Crippen LogP contribution in [0.4, 0.5) is 0 Å². The SMILES string of the molecule is COC(=O)C(C)(C)COc1ccc(C=CC(=O)O)cc1Br. The number of aliphatic carboxylic acids is 1.